The van der Waals surface area contributed by atoms with Crippen LogP contribution in [0.4, 0.5) is 0 Å². The van der Waals surface area contributed by atoms with Gasteiger partial charge in [-0.3, -0.25) is 0 Å². The normalized spacial score (nSPS) is 18.0. The number of nitrogens with zero attached hydrogens (tertiary/aromatic N) is 2. The van der Waals surface area contributed by atoms with Gasteiger partial charge in [-0.15, -0.1) is 0 Å². The van der Waals surface area contributed by atoms with Crippen LogP contribution >= 0.6 is 0 Å². The molecule has 1 unspecified atom stereocenters. The molecule has 0 bridgehead atoms. The Bertz CT molecular complexity index is 309. The molecule has 1 aromatic heterocycles. The van der Waals surface area contributed by atoms with Crippen LogP contribution in [-0.4, -0.2) is 23.9 Å². The van der Waals surface area contributed by atoms with Crippen molar-refractivity contribution in [1.29, 1.82) is 0 Å². The summed E-state index contributed by atoms with van der Waals surface area (Å²) >= 11 is 0. The van der Waals surface area contributed by atoms with Crippen molar-refractivity contribution >= 4 is 0 Å². The number of rotatable bonds is 6. The number of hydrogen-bond acceptors (Lipinski definition) is 5. The van der Waals surface area contributed by atoms with Crippen molar-refractivity contribution in [2.45, 2.75) is 37.6 Å². The number of methoxy groups -OCH3 is 1. The molecular weight excluding hydrogens is 194 g/mol. The maximum absolute atomic E-state index is 5.92. The molecule has 1 aliphatic carbocycles. The number of ether oxygens (including phenoxy) is 1. The van der Waals surface area contributed by atoms with Crippen molar-refractivity contribution in [3.63, 3.8) is 0 Å². The summed E-state index contributed by atoms with van der Waals surface area (Å²) in [4.78, 5) is 4.31. The van der Waals surface area contributed by atoms with E-state index in [9.17, 15) is 0 Å². The summed E-state index contributed by atoms with van der Waals surface area (Å²) in [5.74, 6) is 1.91. The van der Waals surface area contributed by atoms with Gasteiger partial charge < -0.3 is 15.0 Å². The SMILES string of the molecule is COCCCC(N)c1nc(C2CC2)no1. The lowest BCUT2D eigenvalue weighted by Crippen LogP contribution is -2.11. The maximum Gasteiger partial charge on any atom is 0.243 e. The average Bonchev–Trinajstić information content (AvgIpc) is 2.97. The molecule has 1 aliphatic rings. The summed E-state index contributed by atoms with van der Waals surface area (Å²) in [5, 5.41) is 3.93. The molecule has 0 spiro atoms. The highest BCUT2D eigenvalue weighted by atomic mass is 16.5. The summed E-state index contributed by atoms with van der Waals surface area (Å²) in [5.41, 5.74) is 5.92. The molecule has 1 atom stereocenters. The van der Waals surface area contributed by atoms with Crippen molar-refractivity contribution in [2.24, 2.45) is 5.73 Å². The lowest BCUT2D eigenvalue weighted by Gasteiger charge is -2.04. The first kappa shape index (κ1) is 10.6. The Morgan fingerprint density at radius 3 is 3.07 bits per heavy atom. The molecule has 84 valence electrons. The highest BCUT2D eigenvalue weighted by Gasteiger charge is 2.29. The van der Waals surface area contributed by atoms with E-state index in [1.807, 2.05) is 0 Å². The van der Waals surface area contributed by atoms with Gasteiger partial charge in [-0.1, -0.05) is 5.16 Å². The third-order valence-corrected chi connectivity index (χ3v) is 2.58. The van der Waals surface area contributed by atoms with Crippen LogP contribution < -0.4 is 5.73 Å². The lowest BCUT2D eigenvalue weighted by molar-refractivity contribution is 0.188. The molecule has 0 radical (unpaired) electrons. The van der Waals surface area contributed by atoms with Gasteiger partial charge in [0.15, 0.2) is 5.82 Å². The topological polar surface area (TPSA) is 74.2 Å². The van der Waals surface area contributed by atoms with E-state index in [1.165, 1.54) is 12.8 Å². The third-order valence-electron chi connectivity index (χ3n) is 2.58. The van der Waals surface area contributed by atoms with Crippen molar-refractivity contribution in [2.75, 3.05) is 13.7 Å². The summed E-state index contributed by atoms with van der Waals surface area (Å²) in [6.07, 6.45) is 4.09. The van der Waals surface area contributed by atoms with E-state index in [2.05, 4.69) is 10.1 Å². The molecule has 5 nitrogen and oxygen atoms in total. The molecule has 2 N–H and O–H groups in total. The number of nitrogens with two attached hydrogens (primary N) is 1. The van der Waals surface area contributed by atoms with Crippen molar-refractivity contribution < 1.29 is 9.26 Å². The Morgan fingerprint density at radius 2 is 2.40 bits per heavy atom. The van der Waals surface area contributed by atoms with Crippen molar-refractivity contribution in [1.82, 2.24) is 10.1 Å². The van der Waals surface area contributed by atoms with Crippen LogP contribution in [0.1, 0.15) is 49.4 Å². The Hall–Kier alpha value is -0.940. The van der Waals surface area contributed by atoms with E-state index in [0.29, 0.717) is 11.8 Å². The number of hydrogen-bond donors (Lipinski definition) is 1. The van der Waals surface area contributed by atoms with E-state index < -0.39 is 0 Å². The van der Waals surface area contributed by atoms with Crippen molar-refractivity contribution in [3.05, 3.63) is 11.7 Å². The first-order valence-electron chi connectivity index (χ1n) is 5.39. The van der Waals surface area contributed by atoms with Gasteiger partial charge in [0.1, 0.15) is 0 Å². The molecule has 2 rings (SSSR count). The van der Waals surface area contributed by atoms with E-state index in [1.54, 1.807) is 7.11 Å². The van der Waals surface area contributed by atoms with Crippen LogP contribution in [0.2, 0.25) is 0 Å². The fourth-order valence-corrected chi connectivity index (χ4v) is 1.48. The first-order chi connectivity index (χ1) is 7.31. The van der Waals surface area contributed by atoms with Crippen LogP contribution in [0, 0.1) is 0 Å². The Morgan fingerprint density at radius 1 is 1.60 bits per heavy atom. The zero-order valence-corrected chi connectivity index (χ0v) is 8.98. The first-order valence-corrected chi connectivity index (χ1v) is 5.39. The molecule has 0 saturated heterocycles. The van der Waals surface area contributed by atoms with E-state index in [0.717, 1.165) is 25.3 Å². The van der Waals surface area contributed by atoms with E-state index in [4.69, 9.17) is 15.0 Å². The standard InChI is InChI=1S/C10H17N3O2/c1-14-6-2-3-8(11)10-12-9(13-15-10)7-4-5-7/h7-8H,2-6,11H2,1H3. The highest BCUT2D eigenvalue weighted by molar-refractivity contribution is 5.04. The van der Waals surface area contributed by atoms with Crippen molar-refractivity contribution in [3.8, 4) is 0 Å². The van der Waals surface area contributed by atoms with E-state index in [-0.39, 0.29) is 6.04 Å². The van der Waals surface area contributed by atoms with Crippen LogP contribution in [0.25, 0.3) is 0 Å². The molecule has 1 aromatic rings. The van der Waals surface area contributed by atoms with Gasteiger partial charge in [-0.05, 0) is 25.7 Å². The Labute approximate surface area is 89.0 Å². The fourth-order valence-electron chi connectivity index (χ4n) is 1.48. The van der Waals surface area contributed by atoms with Crippen LogP contribution in [0.15, 0.2) is 4.52 Å². The second-order valence-electron chi connectivity index (χ2n) is 4.01. The molecule has 1 saturated carbocycles. The fraction of sp³-hybridized carbons (Fsp3) is 0.800. The molecule has 15 heavy (non-hydrogen) atoms. The predicted octanol–water partition coefficient (Wildman–Crippen LogP) is 1.37. The van der Waals surface area contributed by atoms with Gasteiger partial charge in [0.25, 0.3) is 0 Å². The molecule has 5 heteroatoms. The monoisotopic (exact) mass is 211 g/mol. The van der Waals surface area contributed by atoms with Gasteiger partial charge >= 0.3 is 0 Å². The molecule has 0 amide bonds. The van der Waals surface area contributed by atoms with E-state index >= 15 is 0 Å². The van der Waals surface area contributed by atoms with Crippen LogP contribution in [0.5, 0.6) is 0 Å². The van der Waals surface area contributed by atoms with Crippen LogP contribution in [0.3, 0.4) is 0 Å². The zero-order valence-electron chi connectivity index (χ0n) is 8.98. The third kappa shape index (κ3) is 2.76. The lowest BCUT2D eigenvalue weighted by atomic mass is 10.2. The van der Waals surface area contributed by atoms with Gasteiger partial charge in [-0.25, -0.2) is 0 Å². The summed E-state index contributed by atoms with van der Waals surface area (Å²) in [7, 11) is 1.68. The van der Waals surface area contributed by atoms with Crippen LogP contribution in [-0.2, 0) is 4.74 Å². The van der Waals surface area contributed by atoms with Gasteiger partial charge in [-0.2, -0.15) is 4.98 Å². The Kier molecular flexibility index (Phi) is 3.33. The summed E-state index contributed by atoms with van der Waals surface area (Å²) in [6.45, 7) is 0.720. The average molecular weight is 211 g/mol. The predicted molar refractivity (Wildman–Crippen MR) is 54.3 cm³/mol. The Balaban J connectivity index is 1.84. The van der Waals surface area contributed by atoms with Gasteiger partial charge in [0, 0.05) is 19.6 Å². The molecule has 1 fully saturated rings. The summed E-state index contributed by atoms with van der Waals surface area (Å²) in [6, 6.07) is -0.153. The number of aromatic nitrogens is 2. The second-order valence-corrected chi connectivity index (χ2v) is 4.01. The minimum Gasteiger partial charge on any atom is -0.385 e. The molecular formula is C10H17N3O2. The van der Waals surface area contributed by atoms with Gasteiger partial charge in [0.2, 0.25) is 5.89 Å². The molecule has 0 aromatic carbocycles. The smallest absolute Gasteiger partial charge is 0.243 e. The second kappa shape index (κ2) is 4.72. The summed E-state index contributed by atoms with van der Waals surface area (Å²) < 4.78 is 10.1. The maximum atomic E-state index is 5.92. The van der Waals surface area contributed by atoms with Gasteiger partial charge in [0.05, 0.1) is 6.04 Å². The molecule has 1 heterocycles. The molecule has 0 aliphatic heterocycles. The minimum atomic E-state index is -0.153. The quantitative estimate of drug-likeness (QED) is 0.719. The largest absolute Gasteiger partial charge is 0.385 e. The highest BCUT2D eigenvalue weighted by Crippen LogP contribution is 2.38. The minimum absolute atomic E-state index is 0.153. The zero-order chi connectivity index (χ0) is 10.7.